The number of hydrogen-bond donors (Lipinski definition) is 1. The van der Waals surface area contributed by atoms with Crippen LogP contribution in [0, 0.1) is 0 Å². The number of benzene rings is 2. The molecule has 0 fully saturated rings. The zero-order chi connectivity index (χ0) is 16.1. The van der Waals surface area contributed by atoms with Gasteiger partial charge in [0.15, 0.2) is 0 Å². The first-order valence-electron chi connectivity index (χ1n) is 7.64. The zero-order valence-corrected chi connectivity index (χ0v) is 13.1. The lowest BCUT2D eigenvalue weighted by Crippen LogP contribution is -2.33. The van der Waals surface area contributed by atoms with Crippen LogP contribution in [0.4, 0.5) is 10.5 Å². The third-order valence-corrected chi connectivity index (χ3v) is 3.81. The summed E-state index contributed by atoms with van der Waals surface area (Å²) < 4.78 is 0. The predicted molar refractivity (Wildman–Crippen MR) is 93.5 cm³/mol. The Labute approximate surface area is 135 Å². The monoisotopic (exact) mass is 305 g/mol. The second kappa shape index (κ2) is 6.92. The molecule has 0 aliphatic rings. The molecule has 0 spiro atoms. The number of rotatable bonds is 4. The molecular weight excluding hydrogens is 286 g/mol. The lowest BCUT2D eigenvalue weighted by molar-refractivity contribution is 0.223. The van der Waals surface area contributed by atoms with E-state index in [4.69, 9.17) is 0 Å². The summed E-state index contributed by atoms with van der Waals surface area (Å²) >= 11 is 0. The first-order chi connectivity index (χ1) is 11.2. The molecule has 0 unspecified atom stereocenters. The van der Waals surface area contributed by atoms with Crippen molar-refractivity contribution in [2.75, 3.05) is 18.9 Å². The lowest BCUT2D eigenvalue weighted by atomic mass is 10.1. The smallest absolute Gasteiger partial charge is 0.321 e. The van der Waals surface area contributed by atoms with Gasteiger partial charge in [0.05, 0.1) is 5.69 Å². The number of fused-ring (bicyclic) bond motifs is 1. The van der Waals surface area contributed by atoms with E-state index in [-0.39, 0.29) is 6.03 Å². The molecule has 1 N–H and O–H groups in total. The van der Waals surface area contributed by atoms with Gasteiger partial charge in [-0.25, -0.2) is 4.79 Å². The van der Waals surface area contributed by atoms with Crippen molar-refractivity contribution in [2.45, 2.75) is 6.42 Å². The molecule has 0 aliphatic heterocycles. The number of amides is 2. The van der Waals surface area contributed by atoms with Gasteiger partial charge in [0.25, 0.3) is 0 Å². The Morgan fingerprint density at radius 2 is 1.83 bits per heavy atom. The van der Waals surface area contributed by atoms with Gasteiger partial charge < -0.3 is 10.2 Å². The fraction of sp³-hybridized carbons (Fsp3) is 0.158. The second-order valence-electron chi connectivity index (χ2n) is 5.45. The van der Waals surface area contributed by atoms with Crippen LogP contribution in [0.5, 0.6) is 0 Å². The van der Waals surface area contributed by atoms with Gasteiger partial charge in [-0.05, 0) is 23.6 Å². The minimum atomic E-state index is -0.114. The Hall–Kier alpha value is -2.88. The van der Waals surface area contributed by atoms with E-state index in [1.165, 1.54) is 0 Å². The number of carbonyl (C=O) groups is 1. The number of anilines is 1. The normalized spacial score (nSPS) is 10.5. The van der Waals surface area contributed by atoms with Crippen LogP contribution >= 0.6 is 0 Å². The van der Waals surface area contributed by atoms with Crippen molar-refractivity contribution in [2.24, 2.45) is 0 Å². The summed E-state index contributed by atoms with van der Waals surface area (Å²) in [5, 5.41) is 5.14. The predicted octanol–water partition coefficient (Wildman–Crippen LogP) is 3.94. The lowest BCUT2D eigenvalue weighted by Gasteiger charge is -2.18. The largest absolute Gasteiger partial charge is 0.327 e. The molecule has 0 bridgehead atoms. The number of carbonyl (C=O) groups excluding carboxylic acids is 1. The number of pyridine rings is 1. The van der Waals surface area contributed by atoms with E-state index in [0.29, 0.717) is 6.54 Å². The third-order valence-electron chi connectivity index (χ3n) is 3.81. The number of hydrogen-bond acceptors (Lipinski definition) is 2. The summed E-state index contributed by atoms with van der Waals surface area (Å²) in [6.45, 7) is 0.619. The highest BCUT2D eigenvalue weighted by molar-refractivity contribution is 6.01. The van der Waals surface area contributed by atoms with Crippen molar-refractivity contribution in [3.8, 4) is 0 Å². The van der Waals surface area contributed by atoms with Crippen molar-refractivity contribution in [3.05, 3.63) is 72.6 Å². The van der Waals surface area contributed by atoms with Crippen LogP contribution in [0.1, 0.15) is 5.69 Å². The van der Waals surface area contributed by atoms with Crippen LogP contribution in [-0.4, -0.2) is 29.5 Å². The Morgan fingerprint density at radius 3 is 2.65 bits per heavy atom. The average Bonchev–Trinajstić information content (AvgIpc) is 2.61. The van der Waals surface area contributed by atoms with Gasteiger partial charge in [0.1, 0.15) is 0 Å². The van der Waals surface area contributed by atoms with Gasteiger partial charge in [-0.3, -0.25) is 4.98 Å². The molecule has 4 heteroatoms. The van der Waals surface area contributed by atoms with E-state index < -0.39 is 0 Å². The molecule has 0 saturated carbocycles. The first-order valence-corrected chi connectivity index (χ1v) is 7.64. The molecule has 2 aromatic carbocycles. The molecule has 23 heavy (non-hydrogen) atoms. The molecular formula is C19H19N3O. The van der Waals surface area contributed by atoms with E-state index in [2.05, 4.69) is 10.3 Å². The third kappa shape index (κ3) is 3.66. The molecule has 4 nitrogen and oxygen atoms in total. The Balaban J connectivity index is 1.66. The molecule has 0 radical (unpaired) electrons. The quantitative estimate of drug-likeness (QED) is 0.793. The standard InChI is InChI=1S/C19H19N3O/c1-22(14-12-16-9-4-5-13-20-16)19(23)21-18-11-6-8-15-7-2-3-10-17(15)18/h2-11,13H,12,14H2,1H3,(H,21,23). The highest BCUT2D eigenvalue weighted by atomic mass is 16.2. The SMILES string of the molecule is CN(CCc1ccccn1)C(=O)Nc1cccc2ccccc12. The Morgan fingerprint density at radius 1 is 1.04 bits per heavy atom. The van der Waals surface area contributed by atoms with Crippen molar-refractivity contribution in [1.29, 1.82) is 0 Å². The summed E-state index contributed by atoms with van der Waals surface area (Å²) in [7, 11) is 1.80. The molecule has 0 saturated heterocycles. The van der Waals surface area contributed by atoms with Crippen molar-refractivity contribution in [1.82, 2.24) is 9.88 Å². The summed E-state index contributed by atoms with van der Waals surface area (Å²) in [4.78, 5) is 18.3. The van der Waals surface area contributed by atoms with Crippen LogP contribution in [0.3, 0.4) is 0 Å². The number of nitrogens with one attached hydrogen (secondary N) is 1. The van der Waals surface area contributed by atoms with Gasteiger partial charge in [0.2, 0.25) is 0 Å². The number of urea groups is 1. The van der Waals surface area contributed by atoms with Crippen molar-refractivity contribution < 1.29 is 4.79 Å². The van der Waals surface area contributed by atoms with E-state index in [0.717, 1.165) is 28.6 Å². The number of nitrogens with zero attached hydrogens (tertiary/aromatic N) is 2. The summed E-state index contributed by atoms with van der Waals surface area (Å²) in [5.74, 6) is 0. The summed E-state index contributed by atoms with van der Waals surface area (Å²) in [5.41, 5.74) is 1.81. The first kappa shape index (κ1) is 15.0. The molecule has 0 atom stereocenters. The second-order valence-corrected chi connectivity index (χ2v) is 5.45. The topological polar surface area (TPSA) is 45.2 Å². The highest BCUT2D eigenvalue weighted by Crippen LogP contribution is 2.23. The molecule has 3 aromatic rings. The molecule has 2 amide bonds. The molecule has 1 aromatic heterocycles. The van der Waals surface area contributed by atoms with E-state index in [9.17, 15) is 4.79 Å². The number of likely N-dealkylation sites (N-methyl/N-ethyl adjacent to an activating group) is 1. The van der Waals surface area contributed by atoms with Crippen LogP contribution in [0.2, 0.25) is 0 Å². The van der Waals surface area contributed by atoms with Gasteiger partial charge in [-0.1, -0.05) is 42.5 Å². The van der Waals surface area contributed by atoms with Crippen LogP contribution in [0.15, 0.2) is 66.9 Å². The van der Waals surface area contributed by atoms with Gasteiger partial charge in [0, 0.05) is 37.3 Å². The van der Waals surface area contributed by atoms with Gasteiger partial charge in [-0.2, -0.15) is 0 Å². The maximum Gasteiger partial charge on any atom is 0.321 e. The van der Waals surface area contributed by atoms with E-state index in [1.807, 2.05) is 60.7 Å². The summed E-state index contributed by atoms with van der Waals surface area (Å²) in [6.07, 6.45) is 2.51. The van der Waals surface area contributed by atoms with E-state index >= 15 is 0 Å². The zero-order valence-electron chi connectivity index (χ0n) is 13.1. The molecule has 3 rings (SSSR count). The van der Waals surface area contributed by atoms with Crippen LogP contribution in [-0.2, 0) is 6.42 Å². The van der Waals surface area contributed by atoms with Crippen LogP contribution < -0.4 is 5.32 Å². The average molecular weight is 305 g/mol. The van der Waals surface area contributed by atoms with Gasteiger partial charge in [-0.15, -0.1) is 0 Å². The number of aromatic nitrogens is 1. The fourth-order valence-corrected chi connectivity index (χ4v) is 2.47. The Bertz CT molecular complexity index is 797. The van der Waals surface area contributed by atoms with Crippen molar-refractivity contribution in [3.63, 3.8) is 0 Å². The summed E-state index contributed by atoms with van der Waals surface area (Å²) in [6, 6.07) is 19.6. The molecule has 1 heterocycles. The minimum Gasteiger partial charge on any atom is -0.327 e. The maximum absolute atomic E-state index is 12.4. The molecule has 116 valence electrons. The van der Waals surface area contributed by atoms with Gasteiger partial charge >= 0.3 is 6.03 Å². The molecule has 0 aliphatic carbocycles. The van der Waals surface area contributed by atoms with Crippen LogP contribution in [0.25, 0.3) is 10.8 Å². The van der Waals surface area contributed by atoms with E-state index in [1.54, 1.807) is 18.1 Å². The Kier molecular flexibility index (Phi) is 4.52. The highest BCUT2D eigenvalue weighted by Gasteiger charge is 2.10. The van der Waals surface area contributed by atoms with Crippen molar-refractivity contribution >= 4 is 22.5 Å². The minimum absolute atomic E-state index is 0.114. The maximum atomic E-state index is 12.4. The fourth-order valence-electron chi connectivity index (χ4n) is 2.47.